The number of carbonyl (C=O) groups is 2. The largest absolute Gasteiger partial charge is 0.480 e. The van der Waals surface area contributed by atoms with Crippen molar-refractivity contribution >= 4 is 45.1 Å². The van der Waals surface area contributed by atoms with Crippen LogP contribution in [0.5, 0.6) is 0 Å². The van der Waals surface area contributed by atoms with Gasteiger partial charge in [0.2, 0.25) is 15.9 Å². The summed E-state index contributed by atoms with van der Waals surface area (Å²) in [6, 6.07) is 10.8. The molecule has 0 aliphatic rings. The van der Waals surface area contributed by atoms with Gasteiger partial charge in [0.1, 0.15) is 23.7 Å². The first-order valence-electron chi connectivity index (χ1n) is 10.4. The first-order valence-corrected chi connectivity index (χ1v) is 12.7. The smallest absolute Gasteiger partial charge is 0.326 e. The standard InChI is InChI=1S/C24H20Cl2F2N2O5S/c25-16-11-17(26)13-20(12-16)36(34,35)30-21(9-14-1-5-18(27)6-2-14)23(31)29-22(24(32)33)10-15-3-7-19(28)8-4-15/h1-8,11-13,21-22,30H,9-10H2,(H,29,31)(H,32,33)/t21-,22-/m0/s1. The molecule has 0 aromatic heterocycles. The van der Waals surface area contributed by atoms with Gasteiger partial charge in [0, 0.05) is 16.5 Å². The number of hydrogen-bond donors (Lipinski definition) is 3. The van der Waals surface area contributed by atoms with Gasteiger partial charge in [-0.1, -0.05) is 47.5 Å². The van der Waals surface area contributed by atoms with Crippen LogP contribution in [0.4, 0.5) is 8.78 Å². The Balaban J connectivity index is 1.88. The number of carbonyl (C=O) groups excluding carboxylic acids is 1. The molecule has 12 heteroatoms. The molecule has 190 valence electrons. The monoisotopic (exact) mass is 556 g/mol. The number of hydrogen-bond acceptors (Lipinski definition) is 4. The maximum atomic E-state index is 13.3. The van der Waals surface area contributed by atoms with Crippen molar-refractivity contribution in [1.82, 2.24) is 10.0 Å². The normalized spacial score (nSPS) is 13.1. The number of sulfonamides is 1. The van der Waals surface area contributed by atoms with Gasteiger partial charge in [-0.3, -0.25) is 4.79 Å². The number of rotatable bonds is 10. The number of halogens is 4. The van der Waals surface area contributed by atoms with Crippen LogP contribution in [0.25, 0.3) is 0 Å². The van der Waals surface area contributed by atoms with Crippen LogP contribution in [-0.2, 0) is 32.5 Å². The summed E-state index contributed by atoms with van der Waals surface area (Å²) < 4.78 is 54.8. The molecule has 7 nitrogen and oxygen atoms in total. The second-order valence-electron chi connectivity index (χ2n) is 7.84. The average Bonchev–Trinajstić information content (AvgIpc) is 2.80. The lowest BCUT2D eigenvalue weighted by Crippen LogP contribution is -2.53. The molecule has 0 heterocycles. The minimum absolute atomic E-state index is 0.0488. The van der Waals surface area contributed by atoms with Gasteiger partial charge in [-0.25, -0.2) is 22.0 Å². The molecule has 1 amide bonds. The highest BCUT2D eigenvalue weighted by Gasteiger charge is 2.30. The third-order valence-electron chi connectivity index (χ3n) is 5.08. The number of carboxylic acid groups (broad SMARTS) is 1. The Morgan fingerprint density at radius 1 is 0.806 bits per heavy atom. The molecule has 3 N–H and O–H groups in total. The molecular formula is C24H20Cl2F2N2O5S. The van der Waals surface area contributed by atoms with Crippen LogP contribution >= 0.6 is 23.2 Å². The quantitative estimate of drug-likeness (QED) is 0.349. The highest BCUT2D eigenvalue weighted by Crippen LogP contribution is 2.23. The molecule has 0 spiro atoms. The molecule has 0 unspecified atom stereocenters. The Morgan fingerprint density at radius 3 is 1.69 bits per heavy atom. The molecule has 0 saturated carbocycles. The fraction of sp³-hybridized carbons (Fsp3) is 0.167. The van der Waals surface area contributed by atoms with Crippen molar-refractivity contribution in [3.8, 4) is 0 Å². The second kappa shape index (κ2) is 11.8. The van der Waals surface area contributed by atoms with Crippen LogP contribution in [0.15, 0.2) is 71.6 Å². The summed E-state index contributed by atoms with van der Waals surface area (Å²) >= 11 is 11.8. The highest BCUT2D eigenvalue weighted by atomic mass is 35.5. The van der Waals surface area contributed by atoms with Gasteiger partial charge in [-0.2, -0.15) is 4.72 Å². The summed E-state index contributed by atoms with van der Waals surface area (Å²) in [6.07, 6.45) is -0.399. The van der Waals surface area contributed by atoms with Gasteiger partial charge in [0.25, 0.3) is 0 Å². The van der Waals surface area contributed by atoms with Crippen LogP contribution < -0.4 is 10.0 Å². The third kappa shape index (κ3) is 7.72. The van der Waals surface area contributed by atoms with E-state index < -0.39 is 45.6 Å². The molecule has 3 aromatic carbocycles. The maximum absolute atomic E-state index is 13.3. The van der Waals surface area contributed by atoms with E-state index in [1.807, 2.05) is 0 Å². The molecule has 3 aromatic rings. The molecule has 3 rings (SSSR count). The zero-order valence-corrected chi connectivity index (χ0v) is 20.7. The summed E-state index contributed by atoms with van der Waals surface area (Å²) in [5.41, 5.74) is 0.849. The molecule has 36 heavy (non-hydrogen) atoms. The summed E-state index contributed by atoms with van der Waals surface area (Å²) in [5.74, 6) is -3.35. The van der Waals surface area contributed by atoms with Crippen molar-refractivity contribution in [1.29, 1.82) is 0 Å². The molecular weight excluding hydrogens is 537 g/mol. The van der Waals surface area contributed by atoms with Gasteiger partial charge < -0.3 is 10.4 Å². The molecule has 0 saturated heterocycles. The van der Waals surface area contributed by atoms with Crippen LogP contribution in [0.3, 0.4) is 0 Å². The summed E-state index contributed by atoms with van der Waals surface area (Å²) in [5, 5.41) is 12.0. The predicted octanol–water partition coefficient (Wildman–Crippen LogP) is 3.97. The van der Waals surface area contributed by atoms with E-state index in [0.29, 0.717) is 11.1 Å². The van der Waals surface area contributed by atoms with Gasteiger partial charge in [-0.05, 0) is 60.0 Å². The Bertz CT molecular complexity index is 1330. The van der Waals surface area contributed by atoms with Crippen LogP contribution in [-0.4, -0.2) is 37.5 Å². The minimum atomic E-state index is -4.34. The Hall–Kier alpha value is -3.05. The maximum Gasteiger partial charge on any atom is 0.326 e. The predicted molar refractivity (Wildman–Crippen MR) is 130 cm³/mol. The third-order valence-corrected chi connectivity index (χ3v) is 6.97. The molecule has 2 atom stereocenters. The first kappa shape index (κ1) is 27.5. The highest BCUT2D eigenvalue weighted by molar-refractivity contribution is 7.89. The summed E-state index contributed by atoms with van der Waals surface area (Å²) in [4.78, 5) is 24.6. The van der Waals surface area contributed by atoms with Crippen molar-refractivity contribution in [2.45, 2.75) is 29.8 Å². The van der Waals surface area contributed by atoms with E-state index in [2.05, 4.69) is 10.0 Å². The number of amides is 1. The van der Waals surface area contributed by atoms with Crippen molar-refractivity contribution in [2.24, 2.45) is 0 Å². The van der Waals surface area contributed by atoms with Crippen molar-refractivity contribution in [3.05, 3.63) is 99.5 Å². The van der Waals surface area contributed by atoms with Gasteiger partial charge in [0.05, 0.1) is 4.90 Å². The van der Waals surface area contributed by atoms with Crippen LogP contribution in [0, 0.1) is 11.6 Å². The lowest BCUT2D eigenvalue weighted by Gasteiger charge is -2.22. The topological polar surface area (TPSA) is 113 Å². The number of carboxylic acids is 1. The molecule has 0 bridgehead atoms. The number of benzene rings is 3. The molecule has 0 radical (unpaired) electrons. The van der Waals surface area contributed by atoms with Gasteiger partial charge >= 0.3 is 5.97 Å². The summed E-state index contributed by atoms with van der Waals surface area (Å²) in [6.45, 7) is 0. The van der Waals surface area contributed by atoms with E-state index in [4.69, 9.17) is 23.2 Å². The molecule has 0 aliphatic heterocycles. The van der Waals surface area contributed by atoms with E-state index in [1.54, 1.807) is 0 Å². The van der Waals surface area contributed by atoms with Crippen molar-refractivity contribution in [2.75, 3.05) is 0 Å². The fourth-order valence-corrected chi connectivity index (χ4v) is 5.23. The number of aliphatic carboxylic acids is 1. The molecule has 0 fully saturated rings. The average molecular weight is 557 g/mol. The zero-order valence-electron chi connectivity index (χ0n) is 18.4. The summed E-state index contributed by atoms with van der Waals surface area (Å²) in [7, 11) is -4.34. The van der Waals surface area contributed by atoms with Gasteiger partial charge in [0.15, 0.2) is 0 Å². The minimum Gasteiger partial charge on any atom is -0.480 e. The van der Waals surface area contributed by atoms with Crippen molar-refractivity contribution < 1.29 is 31.9 Å². The number of nitrogens with one attached hydrogen (secondary N) is 2. The van der Waals surface area contributed by atoms with E-state index >= 15 is 0 Å². The Kier molecular flexibility index (Phi) is 9.02. The first-order chi connectivity index (χ1) is 16.9. The van der Waals surface area contributed by atoms with E-state index in [-0.39, 0.29) is 27.8 Å². The Morgan fingerprint density at radius 2 is 1.25 bits per heavy atom. The molecule has 0 aliphatic carbocycles. The van der Waals surface area contributed by atoms with Gasteiger partial charge in [-0.15, -0.1) is 0 Å². The second-order valence-corrected chi connectivity index (χ2v) is 10.4. The Labute approximate surface area is 216 Å². The van der Waals surface area contributed by atoms with Crippen LogP contribution in [0.1, 0.15) is 11.1 Å². The van der Waals surface area contributed by atoms with Crippen molar-refractivity contribution in [3.63, 3.8) is 0 Å². The van der Waals surface area contributed by atoms with E-state index in [1.165, 1.54) is 30.3 Å². The van der Waals surface area contributed by atoms with E-state index in [9.17, 15) is 31.9 Å². The van der Waals surface area contributed by atoms with E-state index in [0.717, 1.165) is 36.4 Å². The lowest BCUT2D eigenvalue weighted by molar-refractivity contribution is -0.142. The fourth-order valence-electron chi connectivity index (χ4n) is 3.31. The van der Waals surface area contributed by atoms with Crippen LogP contribution in [0.2, 0.25) is 10.0 Å². The SMILES string of the molecule is O=C(O)[C@H](Cc1ccc(F)cc1)NC(=O)[C@H](Cc1ccc(F)cc1)NS(=O)(=O)c1cc(Cl)cc(Cl)c1. The lowest BCUT2D eigenvalue weighted by atomic mass is 10.0. The zero-order chi connectivity index (χ0) is 26.5.